The predicted molar refractivity (Wildman–Crippen MR) is 63.0 cm³/mol. The van der Waals surface area contributed by atoms with E-state index < -0.39 is 5.97 Å². The molecule has 3 atom stereocenters. The second kappa shape index (κ2) is 5.64. The average molecular weight is 257 g/mol. The molecule has 0 aliphatic carbocycles. The number of nitrogens with zero attached hydrogens (tertiary/aromatic N) is 1. The number of carboxylic acids is 1. The van der Waals surface area contributed by atoms with Crippen molar-refractivity contribution in [1.82, 2.24) is 15.5 Å². The molecule has 7 heteroatoms. The number of likely N-dealkylation sites (N-methyl/N-ethyl adjacent to an activating group) is 1. The number of rotatable bonds is 6. The van der Waals surface area contributed by atoms with Crippen LogP contribution in [0.5, 0.6) is 0 Å². The van der Waals surface area contributed by atoms with E-state index in [0.717, 1.165) is 19.4 Å². The van der Waals surface area contributed by atoms with E-state index in [2.05, 4.69) is 10.6 Å². The lowest BCUT2D eigenvalue weighted by atomic mass is 10.2. The number of carbonyl (C=O) groups excluding carboxylic acids is 1. The summed E-state index contributed by atoms with van der Waals surface area (Å²) >= 11 is 0. The van der Waals surface area contributed by atoms with Crippen LogP contribution in [0.2, 0.25) is 0 Å². The van der Waals surface area contributed by atoms with Crippen LogP contribution in [-0.4, -0.2) is 66.9 Å². The van der Waals surface area contributed by atoms with Gasteiger partial charge in [-0.05, 0) is 26.4 Å². The van der Waals surface area contributed by atoms with Crippen molar-refractivity contribution < 1.29 is 19.4 Å². The van der Waals surface area contributed by atoms with Gasteiger partial charge in [-0.2, -0.15) is 0 Å². The first-order valence-electron chi connectivity index (χ1n) is 6.16. The smallest absolute Gasteiger partial charge is 0.317 e. The fourth-order valence-corrected chi connectivity index (χ4v) is 2.23. The fourth-order valence-electron chi connectivity index (χ4n) is 2.23. The second-order valence-corrected chi connectivity index (χ2v) is 4.75. The highest BCUT2D eigenvalue weighted by Crippen LogP contribution is 2.19. The number of likely N-dealkylation sites (tertiary alicyclic amines) is 1. The number of ether oxygens (including phenoxy) is 1. The summed E-state index contributed by atoms with van der Waals surface area (Å²) in [7, 11) is 1.95. The largest absolute Gasteiger partial charge is 0.480 e. The minimum Gasteiger partial charge on any atom is -0.480 e. The molecule has 0 aromatic heterocycles. The topological polar surface area (TPSA) is 94.2 Å². The van der Waals surface area contributed by atoms with Crippen LogP contribution in [0, 0.1) is 0 Å². The third-order valence-electron chi connectivity index (χ3n) is 3.34. The Morgan fingerprint density at radius 1 is 1.50 bits per heavy atom. The van der Waals surface area contributed by atoms with Gasteiger partial charge in [0.1, 0.15) is 12.3 Å². The van der Waals surface area contributed by atoms with E-state index in [1.54, 1.807) is 0 Å². The fraction of sp³-hybridized carbons (Fsp3) is 0.818. The Morgan fingerprint density at radius 3 is 2.89 bits per heavy atom. The second-order valence-electron chi connectivity index (χ2n) is 4.75. The van der Waals surface area contributed by atoms with Crippen LogP contribution < -0.4 is 10.6 Å². The number of hydrogen-bond donors (Lipinski definition) is 3. The summed E-state index contributed by atoms with van der Waals surface area (Å²) in [5, 5.41) is 14.0. The molecule has 18 heavy (non-hydrogen) atoms. The summed E-state index contributed by atoms with van der Waals surface area (Å²) < 4.78 is 5.20. The summed E-state index contributed by atoms with van der Waals surface area (Å²) in [5.74, 6) is -0.886. The summed E-state index contributed by atoms with van der Waals surface area (Å²) in [6, 6.07) is -0.0332. The van der Waals surface area contributed by atoms with E-state index in [0.29, 0.717) is 6.54 Å². The molecule has 102 valence electrons. The van der Waals surface area contributed by atoms with E-state index >= 15 is 0 Å². The molecule has 2 fully saturated rings. The van der Waals surface area contributed by atoms with Crippen molar-refractivity contribution in [1.29, 1.82) is 0 Å². The summed E-state index contributed by atoms with van der Waals surface area (Å²) in [6.45, 7) is 1.27. The van der Waals surface area contributed by atoms with Crippen LogP contribution in [0.3, 0.4) is 0 Å². The molecule has 2 unspecified atom stereocenters. The molecular formula is C11H19N3O4. The van der Waals surface area contributed by atoms with Crippen LogP contribution in [0.1, 0.15) is 12.8 Å². The van der Waals surface area contributed by atoms with Crippen LogP contribution >= 0.6 is 0 Å². The Hall–Kier alpha value is -1.18. The maximum absolute atomic E-state index is 11.8. The van der Waals surface area contributed by atoms with Gasteiger partial charge in [-0.1, -0.05) is 0 Å². The van der Waals surface area contributed by atoms with Crippen molar-refractivity contribution >= 4 is 11.9 Å². The molecule has 0 saturated carbocycles. The van der Waals surface area contributed by atoms with Crippen LogP contribution in [0.4, 0.5) is 0 Å². The highest BCUT2D eigenvalue weighted by atomic mass is 16.6. The number of carbonyl (C=O) groups is 2. The van der Waals surface area contributed by atoms with Gasteiger partial charge < -0.3 is 15.2 Å². The molecule has 7 nitrogen and oxygen atoms in total. The first-order chi connectivity index (χ1) is 8.58. The Labute approximate surface area is 105 Å². The quantitative estimate of drug-likeness (QED) is 0.506. The standard InChI is InChI=1S/C11H19N3O4/c1-14-4-2-3-7(14)10(17)12-5-8-11(18-8)13-6-9(15)16/h7-8,11,13H,2-6H2,1H3,(H,12,17)(H,15,16)/t7?,8?,11-/m1/s1. The van der Waals surface area contributed by atoms with E-state index in [1.165, 1.54) is 0 Å². The molecule has 0 bridgehead atoms. The van der Waals surface area contributed by atoms with Gasteiger partial charge in [-0.3, -0.25) is 19.8 Å². The Balaban J connectivity index is 1.61. The molecule has 1 amide bonds. The normalized spacial score (nSPS) is 31.3. The van der Waals surface area contributed by atoms with Gasteiger partial charge in [0, 0.05) is 6.54 Å². The van der Waals surface area contributed by atoms with E-state index in [1.807, 2.05) is 11.9 Å². The number of aliphatic carboxylic acids is 1. The maximum Gasteiger partial charge on any atom is 0.317 e. The zero-order valence-electron chi connectivity index (χ0n) is 10.4. The average Bonchev–Trinajstić information content (AvgIpc) is 2.95. The number of epoxide rings is 1. The molecule has 2 aliphatic rings. The Bertz CT molecular complexity index is 336. The van der Waals surface area contributed by atoms with Gasteiger partial charge in [0.05, 0.1) is 12.6 Å². The van der Waals surface area contributed by atoms with Crippen molar-refractivity contribution in [2.24, 2.45) is 0 Å². The van der Waals surface area contributed by atoms with E-state index in [4.69, 9.17) is 9.84 Å². The molecule has 0 spiro atoms. The molecule has 2 aliphatic heterocycles. The van der Waals surface area contributed by atoms with Crippen LogP contribution in [0.25, 0.3) is 0 Å². The predicted octanol–water partition coefficient (Wildman–Crippen LogP) is -1.40. The zero-order chi connectivity index (χ0) is 13.1. The maximum atomic E-state index is 11.8. The van der Waals surface area contributed by atoms with Crippen molar-refractivity contribution in [2.45, 2.75) is 31.2 Å². The third kappa shape index (κ3) is 3.41. The molecule has 0 aromatic rings. The van der Waals surface area contributed by atoms with E-state index in [-0.39, 0.29) is 30.8 Å². The first-order valence-corrected chi connectivity index (χ1v) is 6.16. The van der Waals surface area contributed by atoms with Gasteiger partial charge in [0.25, 0.3) is 0 Å². The van der Waals surface area contributed by atoms with Gasteiger partial charge in [-0.25, -0.2) is 0 Å². The molecular weight excluding hydrogens is 238 g/mol. The lowest BCUT2D eigenvalue weighted by Crippen LogP contribution is -2.43. The zero-order valence-corrected chi connectivity index (χ0v) is 10.4. The van der Waals surface area contributed by atoms with Crippen LogP contribution in [-0.2, 0) is 14.3 Å². The third-order valence-corrected chi connectivity index (χ3v) is 3.34. The number of carboxylic acid groups (broad SMARTS) is 1. The molecule has 2 rings (SSSR count). The van der Waals surface area contributed by atoms with Crippen molar-refractivity contribution in [3.05, 3.63) is 0 Å². The number of hydrogen-bond acceptors (Lipinski definition) is 5. The van der Waals surface area contributed by atoms with Gasteiger partial charge in [0.2, 0.25) is 5.91 Å². The SMILES string of the molecule is CN1CCCC1C(=O)NCC1O[C@H]1NCC(=O)O. The Kier molecular flexibility index (Phi) is 4.15. The summed E-state index contributed by atoms with van der Waals surface area (Å²) in [5.41, 5.74) is 0. The van der Waals surface area contributed by atoms with E-state index in [9.17, 15) is 9.59 Å². The number of amides is 1. The highest BCUT2D eigenvalue weighted by Gasteiger charge is 2.39. The molecule has 2 heterocycles. The Morgan fingerprint density at radius 2 is 2.28 bits per heavy atom. The minimum absolute atomic E-state index is 0.0301. The minimum atomic E-state index is -0.916. The first kappa shape index (κ1) is 13.3. The lowest BCUT2D eigenvalue weighted by Gasteiger charge is -2.18. The molecule has 0 radical (unpaired) electrons. The number of nitrogens with one attached hydrogen (secondary N) is 2. The van der Waals surface area contributed by atoms with Crippen LogP contribution in [0.15, 0.2) is 0 Å². The highest BCUT2D eigenvalue weighted by molar-refractivity contribution is 5.82. The van der Waals surface area contributed by atoms with Crippen molar-refractivity contribution in [2.75, 3.05) is 26.7 Å². The van der Waals surface area contributed by atoms with Gasteiger partial charge in [-0.15, -0.1) is 0 Å². The lowest BCUT2D eigenvalue weighted by molar-refractivity contribution is -0.136. The monoisotopic (exact) mass is 257 g/mol. The molecule has 3 N–H and O–H groups in total. The summed E-state index contributed by atoms with van der Waals surface area (Å²) in [6.07, 6.45) is 1.59. The molecule has 2 saturated heterocycles. The van der Waals surface area contributed by atoms with Gasteiger partial charge >= 0.3 is 5.97 Å². The van der Waals surface area contributed by atoms with Crippen molar-refractivity contribution in [3.8, 4) is 0 Å². The van der Waals surface area contributed by atoms with Crippen molar-refractivity contribution in [3.63, 3.8) is 0 Å². The van der Waals surface area contributed by atoms with Gasteiger partial charge in [0.15, 0.2) is 0 Å². The summed E-state index contributed by atoms with van der Waals surface area (Å²) in [4.78, 5) is 24.2. The molecule has 0 aromatic carbocycles.